The van der Waals surface area contributed by atoms with Gasteiger partial charge < -0.3 is 0 Å². The van der Waals surface area contributed by atoms with Crippen molar-refractivity contribution in [1.82, 2.24) is 0 Å². The Bertz CT molecular complexity index is 218. The van der Waals surface area contributed by atoms with Crippen LogP contribution >= 0.6 is 11.8 Å². The van der Waals surface area contributed by atoms with Crippen molar-refractivity contribution < 1.29 is 0 Å². The van der Waals surface area contributed by atoms with Gasteiger partial charge in [-0.3, -0.25) is 0 Å². The van der Waals surface area contributed by atoms with Crippen LogP contribution in [0.3, 0.4) is 0 Å². The van der Waals surface area contributed by atoms with Crippen molar-refractivity contribution in [2.24, 2.45) is 0 Å². The maximum atomic E-state index is 3.92. The van der Waals surface area contributed by atoms with Crippen LogP contribution in [-0.4, -0.2) is 6.26 Å². The molecular weight excluding hydrogens is 152 g/mol. The van der Waals surface area contributed by atoms with Crippen molar-refractivity contribution in [3.05, 3.63) is 36.2 Å². The van der Waals surface area contributed by atoms with Gasteiger partial charge in [0.15, 0.2) is 0 Å². The second-order valence-electron chi connectivity index (χ2n) is 2.54. The van der Waals surface area contributed by atoms with Crippen molar-refractivity contribution in [3.8, 4) is 0 Å². The molecule has 1 rings (SSSR count). The Kier molecular flexibility index (Phi) is 3.01. The predicted octanol–water partition coefficient (Wildman–Crippen LogP) is 3.15. The van der Waals surface area contributed by atoms with Crippen LogP contribution in [0.25, 0.3) is 0 Å². The Balaban J connectivity index is 3.02. The smallest absolute Gasteiger partial charge is 0.00746 e. The summed E-state index contributed by atoms with van der Waals surface area (Å²) >= 11 is 1.77. The third kappa shape index (κ3) is 2.26. The van der Waals surface area contributed by atoms with E-state index in [2.05, 4.69) is 38.3 Å². The molecule has 0 fully saturated rings. The SMILES string of the molecule is [CH2]c1cc(CC)cc(SC)c1. The topological polar surface area (TPSA) is 0 Å². The first-order chi connectivity index (χ1) is 5.26. The van der Waals surface area contributed by atoms with Gasteiger partial charge in [-0.2, -0.15) is 0 Å². The summed E-state index contributed by atoms with van der Waals surface area (Å²) in [7, 11) is 0. The zero-order chi connectivity index (χ0) is 8.27. The van der Waals surface area contributed by atoms with E-state index in [-0.39, 0.29) is 0 Å². The van der Waals surface area contributed by atoms with Crippen molar-refractivity contribution in [3.63, 3.8) is 0 Å². The minimum atomic E-state index is 1.09. The summed E-state index contributed by atoms with van der Waals surface area (Å²) in [4.78, 5) is 1.31. The summed E-state index contributed by atoms with van der Waals surface area (Å²) in [5.41, 5.74) is 2.50. The third-order valence-electron chi connectivity index (χ3n) is 1.67. The number of thioether (sulfide) groups is 1. The molecule has 1 aromatic carbocycles. The maximum absolute atomic E-state index is 3.92. The molecule has 0 nitrogen and oxygen atoms in total. The Morgan fingerprint density at radius 1 is 1.36 bits per heavy atom. The molecule has 59 valence electrons. The predicted molar refractivity (Wildman–Crippen MR) is 52.1 cm³/mol. The van der Waals surface area contributed by atoms with Crippen LogP contribution in [0.4, 0.5) is 0 Å². The van der Waals surface area contributed by atoms with Gasteiger partial charge in [0, 0.05) is 4.90 Å². The maximum Gasteiger partial charge on any atom is 0.00746 e. The van der Waals surface area contributed by atoms with Crippen LogP contribution in [0, 0.1) is 6.92 Å². The largest absolute Gasteiger partial charge is 0.130 e. The molecule has 0 saturated carbocycles. The van der Waals surface area contributed by atoms with Gasteiger partial charge in [-0.1, -0.05) is 13.0 Å². The molecule has 0 N–H and O–H groups in total. The van der Waals surface area contributed by atoms with Gasteiger partial charge in [0.1, 0.15) is 0 Å². The van der Waals surface area contributed by atoms with E-state index in [9.17, 15) is 0 Å². The van der Waals surface area contributed by atoms with Crippen LogP contribution in [0.1, 0.15) is 18.1 Å². The van der Waals surface area contributed by atoms with E-state index < -0.39 is 0 Å². The van der Waals surface area contributed by atoms with Gasteiger partial charge in [-0.15, -0.1) is 11.8 Å². The Morgan fingerprint density at radius 2 is 2.09 bits per heavy atom. The lowest BCUT2D eigenvalue weighted by Gasteiger charge is -2.02. The molecule has 0 spiro atoms. The molecule has 0 bridgehead atoms. The van der Waals surface area contributed by atoms with Gasteiger partial charge in [-0.25, -0.2) is 0 Å². The van der Waals surface area contributed by atoms with Crippen molar-refractivity contribution >= 4 is 11.8 Å². The van der Waals surface area contributed by atoms with E-state index in [0.717, 1.165) is 12.0 Å². The third-order valence-corrected chi connectivity index (χ3v) is 2.38. The quantitative estimate of drug-likeness (QED) is 0.607. The normalized spacial score (nSPS) is 10.1. The molecule has 0 aliphatic rings. The molecule has 0 aliphatic carbocycles. The first-order valence-electron chi connectivity index (χ1n) is 3.76. The lowest BCUT2D eigenvalue weighted by Crippen LogP contribution is -1.83. The zero-order valence-electron chi connectivity index (χ0n) is 7.05. The molecule has 0 saturated heterocycles. The van der Waals surface area contributed by atoms with E-state index in [1.165, 1.54) is 10.5 Å². The summed E-state index contributed by atoms with van der Waals surface area (Å²) in [6.07, 6.45) is 3.19. The number of benzene rings is 1. The van der Waals surface area contributed by atoms with Gasteiger partial charge in [-0.05, 0) is 42.9 Å². The Labute approximate surface area is 73.0 Å². The summed E-state index contributed by atoms with van der Waals surface area (Å²) in [6.45, 7) is 6.09. The Morgan fingerprint density at radius 3 is 2.64 bits per heavy atom. The molecule has 0 unspecified atom stereocenters. The van der Waals surface area contributed by atoms with E-state index in [0.29, 0.717) is 0 Å². The second kappa shape index (κ2) is 3.82. The van der Waals surface area contributed by atoms with Crippen molar-refractivity contribution in [1.29, 1.82) is 0 Å². The monoisotopic (exact) mass is 165 g/mol. The van der Waals surface area contributed by atoms with Gasteiger partial charge in [0.25, 0.3) is 0 Å². The van der Waals surface area contributed by atoms with Crippen molar-refractivity contribution in [2.75, 3.05) is 6.26 Å². The molecule has 1 heteroatoms. The fourth-order valence-electron chi connectivity index (χ4n) is 1.05. The minimum Gasteiger partial charge on any atom is -0.130 e. The highest BCUT2D eigenvalue weighted by atomic mass is 32.2. The molecule has 1 radical (unpaired) electrons. The first kappa shape index (κ1) is 8.66. The lowest BCUT2D eigenvalue weighted by atomic mass is 10.1. The minimum absolute atomic E-state index is 1.09. The van der Waals surface area contributed by atoms with Gasteiger partial charge in [0.05, 0.1) is 0 Å². The molecule has 0 atom stereocenters. The average Bonchev–Trinajstić information content (AvgIpc) is 2.03. The molecular formula is C10H13S. The summed E-state index contributed by atoms with van der Waals surface area (Å²) in [6, 6.07) is 6.48. The lowest BCUT2D eigenvalue weighted by molar-refractivity contribution is 1.12. The van der Waals surface area contributed by atoms with Gasteiger partial charge >= 0.3 is 0 Å². The highest BCUT2D eigenvalue weighted by Crippen LogP contribution is 2.18. The molecule has 11 heavy (non-hydrogen) atoms. The number of hydrogen-bond donors (Lipinski definition) is 0. The van der Waals surface area contributed by atoms with E-state index in [1.54, 1.807) is 11.8 Å². The number of rotatable bonds is 2. The summed E-state index contributed by atoms with van der Waals surface area (Å²) in [5.74, 6) is 0. The molecule has 0 aromatic heterocycles. The second-order valence-corrected chi connectivity index (χ2v) is 3.42. The molecule has 0 aliphatic heterocycles. The van der Waals surface area contributed by atoms with Crippen LogP contribution in [-0.2, 0) is 6.42 Å². The average molecular weight is 165 g/mol. The highest BCUT2D eigenvalue weighted by molar-refractivity contribution is 7.98. The van der Waals surface area contributed by atoms with E-state index >= 15 is 0 Å². The molecule has 0 heterocycles. The fraction of sp³-hybridized carbons (Fsp3) is 0.300. The molecule has 1 aromatic rings. The summed E-state index contributed by atoms with van der Waals surface area (Å²) in [5, 5.41) is 0. The van der Waals surface area contributed by atoms with E-state index in [1.807, 2.05) is 0 Å². The van der Waals surface area contributed by atoms with E-state index in [4.69, 9.17) is 0 Å². The standard InChI is InChI=1S/C10H13S/c1-4-9-5-8(2)6-10(7-9)11-3/h5-7H,2,4H2,1,3H3. The Hall–Kier alpha value is -0.430. The fourth-order valence-corrected chi connectivity index (χ4v) is 1.59. The summed E-state index contributed by atoms with van der Waals surface area (Å²) < 4.78 is 0. The zero-order valence-corrected chi connectivity index (χ0v) is 7.87. The van der Waals surface area contributed by atoms with Crippen LogP contribution in [0.15, 0.2) is 23.1 Å². The van der Waals surface area contributed by atoms with Crippen LogP contribution in [0.2, 0.25) is 0 Å². The number of aryl methyl sites for hydroxylation is 1. The number of hydrogen-bond acceptors (Lipinski definition) is 1. The van der Waals surface area contributed by atoms with Crippen LogP contribution < -0.4 is 0 Å². The van der Waals surface area contributed by atoms with Crippen molar-refractivity contribution in [2.45, 2.75) is 18.2 Å². The first-order valence-corrected chi connectivity index (χ1v) is 4.98. The van der Waals surface area contributed by atoms with Crippen LogP contribution in [0.5, 0.6) is 0 Å². The van der Waals surface area contributed by atoms with Gasteiger partial charge in [0.2, 0.25) is 0 Å². The highest BCUT2D eigenvalue weighted by Gasteiger charge is 1.94. The molecule has 0 amide bonds.